The van der Waals surface area contributed by atoms with Crippen molar-refractivity contribution in [2.45, 2.75) is 26.8 Å². The van der Waals surface area contributed by atoms with E-state index in [2.05, 4.69) is 9.88 Å². The van der Waals surface area contributed by atoms with E-state index in [9.17, 15) is 9.59 Å². The second kappa shape index (κ2) is 7.24. The van der Waals surface area contributed by atoms with Crippen LogP contribution < -0.4 is 4.90 Å². The van der Waals surface area contributed by atoms with Crippen LogP contribution in [-0.4, -0.2) is 65.4 Å². The number of piperazine rings is 1. The summed E-state index contributed by atoms with van der Waals surface area (Å²) in [4.78, 5) is 33.9. The molecule has 2 rings (SSSR count). The lowest BCUT2D eigenvalue weighted by atomic mass is 10.2. The quantitative estimate of drug-likeness (QED) is 0.832. The van der Waals surface area contributed by atoms with Crippen LogP contribution in [0, 0.1) is 0 Å². The molecule has 1 aliphatic rings. The van der Waals surface area contributed by atoms with Crippen molar-refractivity contribution in [3.8, 4) is 0 Å². The van der Waals surface area contributed by atoms with Gasteiger partial charge in [-0.1, -0.05) is 6.07 Å². The van der Waals surface area contributed by atoms with Gasteiger partial charge in [0, 0.05) is 45.3 Å². The van der Waals surface area contributed by atoms with Crippen LogP contribution in [0.3, 0.4) is 0 Å². The summed E-state index contributed by atoms with van der Waals surface area (Å²) < 4.78 is 0. The Labute approximate surface area is 131 Å². The van der Waals surface area contributed by atoms with Gasteiger partial charge in [-0.05, 0) is 26.0 Å². The van der Waals surface area contributed by atoms with Gasteiger partial charge in [0.2, 0.25) is 11.8 Å². The Morgan fingerprint density at radius 1 is 1.23 bits per heavy atom. The van der Waals surface area contributed by atoms with Crippen LogP contribution in [-0.2, 0) is 9.59 Å². The first-order valence-electron chi connectivity index (χ1n) is 7.70. The van der Waals surface area contributed by atoms with E-state index in [0.717, 1.165) is 18.9 Å². The van der Waals surface area contributed by atoms with Gasteiger partial charge in [0.1, 0.15) is 5.82 Å². The van der Waals surface area contributed by atoms with Gasteiger partial charge in [-0.3, -0.25) is 9.59 Å². The third-order valence-electron chi connectivity index (χ3n) is 3.94. The number of carbonyl (C=O) groups is 2. The minimum absolute atomic E-state index is 0.0181. The molecule has 0 N–H and O–H groups in total. The third kappa shape index (κ3) is 3.96. The number of hydrogen-bond donors (Lipinski definition) is 0. The zero-order chi connectivity index (χ0) is 16.1. The summed E-state index contributed by atoms with van der Waals surface area (Å²) in [6, 6.07) is 5.88. The summed E-state index contributed by atoms with van der Waals surface area (Å²) in [6.45, 7) is 8.39. The molecule has 1 aromatic rings. The van der Waals surface area contributed by atoms with Crippen LogP contribution in [0.5, 0.6) is 0 Å². The summed E-state index contributed by atoms with van der Waals surface area (Å²) in [7, 11) is 0. The fourth-order valence-corrected chi connectivity index (χ4v) is 2.63. The zero-order valence-electron chi connectivity index (χ0n) is 13.5. The highest BCUT2D eigenvalue weighted by Crippen LogP contribution is 2.13. The minimum Gasteiger partial charge on any atom is -0.353 e. The van der Waals surface area contributed by atoms with Crippen LogP contribution in [0.15, 0.2) is 24.4 Å². The largest absolute Gasteiger partial charge is 0.353 e. The first kappa shape index (κ1) is 16.3. The van der Waals surface area contributed by atoms with Crippen molar-refractivity contribution in [3.05, 3.63) is 24.4 Å². The van der Waals surface area contributed by atoms with Crippen LogP contribution in [0.4, 0.5) is 5.82 Å². The molecular weight excluding hydrogens is 280 g/mol. The van der Waals surface area contributed by atoms with E-state index in [1.165, 1.54) is 6.92 Å². The molecule has 0 saturated carbocycles. The Morgan fingerprint density at radius 2 is 1.91 bits per heavy atom. The molecule has 22 heavy (non-hydrogen) atoms. The lowest BCUT2D eigenvalue weighted by Crippen LogP contribution is -2.52. The van der Waals surface area contributed by atoms with E-state index in [1.807, 2.05) is 36.9 Å². The Hall–Kier alpha value is -2.11. The van der Waals surface area contributed by atoms with Crippen molar-refractivity contribution < 1.29 is 9.59 Å². The molecule has 0 aliphatic carbocycles. The first-order valence-corrected chi connectivity index (χ1v) is 7.70. The fraction of sp³-hybridized carbons (Fsp3) is 0.562. The van der Waals surface area contributed by atoms with Gasteiger partial charge < -0.3 is 14.7 Å². The Bertz CT molecular complexity index is 510. The van der Waals surface area contributed by atoms with E-state index in [0.29, 0.717) is 13.1 Å². The molecule has 0 bridgehead atoms. The minimum atomic E-state index is -0.0597. The zero-order valence-corrected chi connectivity index (χ0v) is 13.5. The summed E-state index contributed by atoms with van der Waals surface area (Å²) in [5.41, 5.74) is 0. The number of aromatic nitrogens is 1. The van der Waals surface area contributed by atoms with Crippen LogP contribution in [0.2, 0.25) is 0 Å². The number of amides is 2. The number of rotatable bonds is 4. The predicted octanol–water partition coefficient (Wildman–Crippen LogP) is 0.987. The highest BCUT2D eigenvalue weighted by atomic mass is 16.2. The molecule has 1 aromatic heterocycles. The van der Waals surface area contributed by atoms with Crippen LogP contribution >= 0.6 is 0 Å². The Balaban J connectivity index is 1.88. The van der Waals surface area contributed by atoms with Crippen molar-refractivity contribution in [3.63, 3.8) is 0 Å². The molecule has 6 heteroatoms. The summed E-state index contributed by atoms with van der Waals surface area (Å²) in [5, 5.41) is 0. The lowest BCUT2D eigenvalue weighted by molar-refractivity contribution is -0.141. The topological polar surface area (TPSA) is 56.8 Å². The molecule has 1 fully saturated rings. The molecular formula is C16H24N4O2. The van der Waals surface area contributed by atoms with E-state index >= 15 is 0 Å². The van der Waals surface area contributed by atoms with Crippen molar-refractivity contribution in [1.82, 2.24) is 14.8 Å². The SMILES string of the molecule is CC(=O)N(CC(=O)N1CCN(c2ccccn2)CC1)C(C)C. The number of hydrogen-bond acceptors (Lipinski definition) is 4. The third-order valence-corrected chi connectivity index (χ3v) is 3.94. The number of nitrogens with zero attached hydrogens (tertiary/aromatic N) is 4. The van der Waals surface area contributed by atoms with Gasteiger partial charge in [0.05, 0.1) is 6.54 Å². The number of anilines is 1. The highest BCUT2D eigenvalue weighted by molar-refractivity contribution is 5.84. The van der Waals surface area contributed by atoms with Gasteiger partial charge in [0.15, 0.2) is 0 Å². The second-order valence-electron chi connectivity index (χ2n) is 5.80. The molecule has 0 unspecified atom stereocenters. The van der Waals surface area contributed by atoms with Gasteiger partial charge in [0.25, 0.3) is 0 Å². The predicted molar refractivity (Wildman–Crippen MR) is 85.6 cm³/mol. The number of pyridine rings is 1. The van der Waals surface area contributed by atoms with Gasteiger partial charge in [-0.2, -0.15) is 0 Å². The maximum Gasteiger partial charge on any atom is 0.242 e. The normalized spacial score (nSPS) is 15.1. The maximum atomic E-state index is 12.4. The second-order valence-corrected chi connectivity index (χ2v) is 5.80. The Kier molecular flexibility index (Phi) is 5.35. The van der Waals surface area contributed by atoms with E-state index in [-0.39, 0.29) is 24.4 Å². The molecule has 0 spiro atoms. The highest BCUT2D eigenvalue weighted by Gasteiger charge is 2.24. The molecule has 0 radical (unpaired) electrons. The smallest absolute Gasteiger partial charge is 0.242 e. The summed E-state index contributed by atoms with van der Waals surface area (Å²) >= 11 is 0. The van der Waals surface area contributed by atoms with Crippen molar-refractivity contribution in [1.29, 1.82) is 0 Å². The van der Waals surface area contributed by atoms with Crippen molar-refractivity contribution >= 4 is 17.6 Å². The van der Waals surface area contributed by atoms with Crippen LogP contribution in [0.1, 0.15) is 20.8 Å². The fourth-order valence-electron chi connectivity index (χ4n) is 2.63. The van der Waals surface area contributed by atoms with E-state index in [1.54, 1.807) is 11.1 Å². The monoisotopic (exact) mass is 304 g/mol. The molecule has 120 valence electrons. The van der Waals surface area contributed by atoms with Crippen LogP contribution in [0.25, 0.3) is 0 Å². The molecule has 0 aromatic carbocycles. The van der Waals surface area contributed by atoms with Gasteiger partial charge >= 0.3 is 0 Å². The van der Waals surface area contributed by atoms with Gasteiger partial charge in [-0.25, -0.2) is 4.98 Å². The molecule has 2 amide bonds. The molecule has 6 nitrogen and oxygen atoms in total. The molecule has 1 saturated heterocycles. The summed E-state index contributed by atoms with van der Waals surface area (Å²) in [5.74, 6) is 0.905. The van der Waals surface area contributed by atoms with E-state index < -0.39 is 0 Å². The Morgan fingerprint density at radius 3 is 2.41 bits per heavy atom. The lowest BCUT2D eigenvalue weighted by Gasteiger charge is -2.36. The van der Waals surface area contributed by atoms with Gasteiger partial charge in [-0.15, -0.1) is 0 Å². The van der Waals surface area contributed by atoms with Crippen molar-refractivity contribution in [2.24, 2.45) is 0 Å². The number of carbonyl (C=O) groups excluding carboxylic acids is 2. The maximum absolute atomic E-state index is 12.4. The van der Waals surface area contributed by atoms with E-state index in [4.69, 9.17) is 0 Å². The average molecular weight is 304 g/mol. The molecule has 1 aliphatic heterocycles. The average Bonchev–Trinajstić information content (AvgIpc) is 2.52. The molecule has 2 heterocycles. The standard InChI is InChI=1S/C16H24N4O2/c1-13(2)20(14(3)21)12-16(22)19-10-8-18(9-11-19)15-6-4-5-7-17-15/h4-7,13H,8-12H2,1-3H3. The summed E-state index contributed by atoms with van der Waals surface area (Å²) in [6.07, 6.45) is 1.78. The first-order chi connectivity index (χ1) is 10.5. The molecule has 0 atom stereocenters. The van der Waals surface area contributed by atoms with Crippen molar-refractivity contribution in [2.75, 3.05) is 37.6 Å².